The number of allylic oxidation sites excluding steroid dienone is 3. The number of hydrogen-bond donors (Lipinski definition) is 0. The lowest BCUT2D eigenvalue weighted by Gasteiger charge is -2.29. The van der Waals surface area contributed by atoms with Crippen molar-refractivity contribution in [3.8, 4) is 28.2 Å². The van der Waals surface area contributed by atoms with Gasteiger partial charge in [-0.1, -0.05) is 91.0 Å². The number of rotatable bonds is 6. The van der Waals surface area contributed by atoms with E-state index in [1.807, 2.05) is 66.7 Å². The molecule has 0 unspecified atom stereocenters. The maximum atomic E-state index is 13.4. The summed E-state index contributed by atoms with van der Waals surface area (Å²) in [4.78, 5) is 42.3. The smallest absolute Gasteiger partial charge is 0.269 e. The quantitative estimate of drug-likeness (QED) is 0.117. The molecule has 0 radical (unpaired) electrons. The average molecular weight is 576 g/mol. The summed E-state index contributed by atoms with van der Waals surface area (Å²) in [6.07, 6.45) is 7.13. The second kappa shape index (κ2) is 11.0. The monoisotopic (exact) mass is 575 g/mol. The van der Waals surface area contributed by atoms with Crippen molar-refractivity contribution in [2.75, 3.05) is 0 Å². The SMILES string of the molecule is O=C1c2ccccc2C(=O)[C@H]2C=C(N=Cc3cc(-c4ccccc4)n(-c4ccc([N+](=O)[O-])cc4)c3-c3ccccc3)C=C[C@H]12. The van der Waals surface area contributed by atoms with Crippen molar-refractivity contribution in [3.05, 3.63) is 166 Å². The molecule has 2 atom stereocenters. The van der Waals surface area contributed by atoms with Crippen molar-refractivity contribution in [2.24, 2.45) is 16.8 Å². The number of carbonyl (C=O) groups is 2. The third-order valence-corrected chi connectivity index (χ3v) is 8.09. The van der Waals surface area contributed by atoms with Gasteiger partial charge in [0, 0.05) is 40.7 Å². The maximum absolute atomic E-state index is 13.4. The summed E-state index contributed by atoms with van der Waals surface area (Å²) in [6, 6.07) is 35.3. The number of aromatic nitrogens is 1. The van der Waals surface area contributed by atoms with E-state index in [0.717, 1.165) is 33.8 Å². The zero-order chi connectivity index (χ0) is 30.2. The summed E-state index contributed by atoms with van der Waals surface area (Å²) < 4.78 is 2.08. The second-order valence-electron chi connectivity index (χ2n) is 10.7. The normalized spacial score (nSPS) is 17.3. The minimum Gasteiger partial charge on any atom is -0.309 e. The molecule has 0 aliphatic heterocycles. The Hall–Kier alpha value is -5.95. The van der Waals surface area contributed by atoms with Gasteiger partial charge in [-0.25, -0.2) is 0 Å². The van der Waals surface area contributed by atoms with E-state index in [2.05, 4.69) is 4.57 Å². The fraction of sp³-hybridized carbons (Fsp3) is 0.0541. The van der Waals surface area contributed by atoms with E-state index in [4.69, 9.17) is 4.99 Å². The van der Waals surface area contributed by atoms with Gasteiger partial charge >= 0.3 is 0 Å². The molecule has 7 heteroatoms. The number of fused-ring (bicyclic) bond motifs is 2. The number of benzene rings is 4. The molecule has 0 bridgehead atoms. The topological polar surface area (TPSA) is 94.6 Å². The number of ketones is 2. The van der Waals surface area contributed by atoms with Crippen LogP contribution < -0.4 is 0 Å². The molecule has 0 amide bonds. The molecule has 0 N–H and O–H groups in total. The molecular formula is C37H25N3O4. The number of nitro groups is 1. The van der Waals surface area contributed by atoms with Crippen LogP contribution in [-0.2, 0) is 0 Å². The lowest BCUT2D eigenvalue weighted by atomic mass is 9.72. The highest BCUT2D eigenvalue weighted by atomic mass is 16.6. The molecule has 0 saturated heterocycles. The van der Waals surface area contributed by atoms with Crippen molar-refractivity contribution in [2.45, 2.75) is 0 Å². The van der Waals surface area contributed by atoms with Gasteiger partial charge in [0.2, 0.25) is 0 Å². The average Bonchev–Trinajstić information content (AvgIpc) is 3.46. The van der Waals surface area contributed by atoms with Gasteiger partial charge in [-0.15, -0.1) is 0 Å². The molecule has 4 aromatic carbocycles. The summed E-state index contributed by atoms with van der Waals surface area (Å²) in [5.41, 5.74) is 6.76. The van der Waals surface area contributed by atoms with E-state index in [1.54, 1.807) is 60.8 Å². The Kier molecular flexibility index (Phi) is 6.75. The third kappa shape index (κ3) is 4.70. The zero-order valence-corrected chi connectivity index (χ0v) is 23.4. The van der Waals surface area contributed by atoms with Gasteiger partial charge in [0.05, 0.1) is 33.8 Å². The van der Waals surface area contributed by atoms with Crippen LogP contribution in [0.1, 0.15) is 26.3 Å². The van der Waals surface area contributed by atoms with Crippen LogP contribution in [-0.4, -0.2) is 27.3 Å². The first-order valence-corrected chi connectivity index (χ1v) is 14.2. The van der Waals surface area contributed by atoms with Gasteiger partial charge in [-0.05, 0) is 41.5 Å². The molecule has 7 nitrogen and oxygen atoms in total. The fourth-order valence-electron chi connectivity index (χ4n) is 5.99. The molecule has 212 valence electrons. The number of non-ortho nitro benzene ring substituents is 1. The predicted molar refractivity (Wildman–Crippen MR) is 170 cm³/mol. The molecule has 2 aliphatic rings. The van der Waals surface area contributed by atoms with Gasteiger partial charge in [-0.2, -0.15) is 0 Å². The van der Waals surface area contributed by atoms with Gasteiger partial charge < -0.3 is 4.57 Å². The number of nitrogens with zero attached hydrogens (tertiary/aromatic N) is 3. The van der Waals surface area contributed by atoms with E-state index in [1.165, 1.54) is 12.1 Å². The van der Waals surface area contributed by atoms with E-state index in [9.17, 15) is 19.7 Å². The largest absolute Gasteiger partial charge is 0.309 e. The highest BCUT2D eigenvalue weighted by Crippen LogP contribution is 2.38. The number of nitro benzene ring substituents is 1. The molecule has 1 heterocycles. The minimum atomic E-state index is -0.604. The lowest BCUT2D eigenvalue weighted by Crippen LogP contribution is -2.35. The molecule has 1 aromatic heterocycles. The minimum absolute atomic E-state index is 0.0120. The van der Waals surface area contributed by atoms with Crippen LogP contribution in [0.3, 0.4) is 0 Å². The zero-order valence-electron chi connectivity index (χ0n) is 23.4. The molecule has 44 heavy (non-hydrogen) atoms. The van der Waals surface area contributed by atoms with Crippen molar-refractivity contribution in [1.29, 1.82) is 0 Å². The van der Waals surface area contributed by atoms with Gasteiger partial charge in [0.15, 0.2) is 11.6 Å². The van der Waals surface area contributed by atoms with Crippen molar-refractivity contribution >= 4 is 23.5 Å². The Bertz CT molecular complexity index is 2020. The molecule has 7 rings (SSSR count). The molecule has 0 saturated carbocycles. The Morgan fingerprint density at radius 1 is 0.727 bits per heavy atom. The van der Waals surface area contributed by atoms with Crippen LogP contribution in [0.25, 0.3) is 28.2 Å². The summed E-state index contributed by atoms with van der Waals surface area (Å²) in [5, 5.41) is 11.4. The Morgan fingerprint density at radius 2 is 1.32 bits per heavy atom. The van der Waals surface area contributed by atoms with Crippen molar-refractivity contribution in [3.63, 3.8) is 0 Å². The van der Waals surface area contributed by atoms with E-state index >= 15 is 0 Å². The highest BCUT2D eigenvalue weighted by Gasteiger charge is 2.40. The Morgan fingerprint density at radius 3 is 1.95 bits per heavy atom. The van der Waals surface area contributed by atoms with Crippen LogP contribution in [0.5, 0.6) is 0 Å². The lowest BCUT2D eigenvalue weighted by molar-refractivity contribution is -0.384. The standard InChI is InChI=1S/C37H25N3O4/c41-36-30-13-7-8-14-31(30)37(42)33-22-27(15-20-32(33)36)38-23-26-21-34(24-9-3-1-4-10-24)39(35(26)25-11-5-2-6-12-25)28-16-18-29(19-17-28)40(43)44/h1-23,32-33H/t32-,33-/m0/s1. The summed E-state index contributed by atoms with van der Waals surface area (Å²) in [6.45, 7) is 0. The molecular weight excluding hydrogens is 550 g/mol. The van der Waals surface area contributed by atoms with E-state index < -0.39 is 16.8 Å². The molecule has 0 spiro atoms. The van der Waals surface area contributed by atoms with Crippen LogP contribution in [0.4, 0.5) is 5.69 Å². The van der Waals surface area contributed by atoms with Gasteiger partial charge in [0.1, 0.15) is 0 Å². The first kappa shape index (κ1) is 26.9. The number of Topliss-reactive ketones (excluding diaryl/α,β-unsaturated/α-hetero) is 2. The second-order valence-corrected chi connectivity index (χ2v) is 10.7. The number of hydrogen-bond acceptors (Lipinski definition) is 5. The predicted octanol–water partition coefficient (Wildman–Crippen LogP) is 7.90. The number of carbonyl (C=O) groups excluding carboxylic acids is 2. The fourth-order valence-corrected chi connectivity index (χ4v) is 5.99. The van der Waals surface area contributed by atoms with Crippen molar-refractivity contribution < 1.29 is 14.5 Å². The molecule has 2 aliphatic carbocycles. The number of aliphatic imine (C=N–C) groups is 1. The van der Waals surface area contributed by atoms with Crippen molar-refractivity contribution in [1.82, 2.24) is 4.57 Å². The third-order valence-electron chi connectivity index (χ3n) is 8.09. The van der Waals surface area contributed by atoms with E-state index in [0.29, 0.717) is 16.8 Å². The van der Waals surface area contributed by atoms with Gasteiger partial charge in [0.25, 0.3) is 5.69 Å². The van der Waals surface area contributed by atoms with Crippen LogP contribution in [0.15, 0.2) is 144 Å². The Labute approximate surface area is 253 Å². The summed E-state index contributed by atoms with van der Waals surface area (Å²) >= 11 is 0. The first-order valence-electron chi connectivity index (χ1n) is 14.2. The van der Waals surface area contributed by atoms with E-state index in [-0.39, 0.29) is 17.3 Å². The van der Waals surface area contributed by atoms with Gasteiger partial charge in [-0.3, -0.25) is 24.7 Å². The summed E-state index contributed by atoms with van der Waals surface area (Å²) in [5.74, 6) is -1.28. The molecule has 0 fully saturated rings. The summed E-state index contributed by atoms with van der Waals surface area (Å²) in [7, 11) is 0. The Balaban J connectivity index is 1.35. The maximum Gasteiger partial charge on any atom is 0.269 e. The van der Waals surface area contributed by atoms with Crippen LogP contribution in [0, 0.1) is 22.0 Å². The first-order chi connectivity index (χ1) is 21.5. The van der Waals surface area contributed by atoms with Crippen LogP contribution >= 0.6 is 0 Å². The molecule has 5 aromatic rings. The highest BCUT2D eigenvalue weighted by molar-refractivity contribution is 6.17. The van der Waals surface area contributed by atoms with Crippen LogP contribution in [0.2, 0.25) is 0 Å².